The number of nitrogens with zero attached hydrogens (tertiary/aromatic N) is 1. The molecule has 0 heterocycles. The zero-order valence-corrected chi connectivity index (χ0v) is 10.2. The van der Waals surface area contributed by atoms with Crippen molar-refractivity contribution in [3.63, 3.8) is 0 Å². The normalized spacial score (nSPS) is 10.6. The maximum absolute atomic E-state index is 13.4. The monoisotopic (exact) mass is 268 g/mol. The highest BCUT2D eigenvalue weighted by Gasteiger charge is 2.16. The number of carbonyl (C=O) groups excluding carboxylic acids is 1. The number of hydrogen-bond donors (Lipinski definition) is 2. The average Bonchev–Trinajstić information content (AvgIpc) is 2.30. The van der Waals surface area contributed by atoms with E-state index in [1.54, 1.807) is 6.08 Å². The maximum Gasteiger partial charge on any atom is 0.311 e. The minimum atomic E-state index is -0.788. The van der Waals surface area contributed by atoms with Crippen LogP contribution in [-0.4, -0.2) is 22.5 Å². The Morgan fingerprint density at radius 2 is 2.26 bits per heavy atom. The van der Waals surface area contributed by atoms with Gasteiger partial charge < -0.3 is 10.4 Å². The van der Waals surface area contributed by atoms with E-state index in [2.05, 4.69) is 5.32 Å². The van der Waals surface area contributed by atoms with Crippen LogP contribution in [0.2, 0.25) is 0 Å². The van der Waals surface area contributed by atoms with Gasteiger partial charge in [-0.05, 0) is 6.42 Å². The molecule has 102 valence electrons. The molecule has 1 amide bonds. The van der Waals surface area contributed by atoms with Gasteiger partial charge in [0.25, 0.3) is 0 Å². The molecule has 0 aliphatic carbocycles. The number of nitro groups is 1. The number of carbonyl (C=O) groups is 1. The van der Waals surface area contributed by atoms with Crippen LogP contribution in [0.15, 0.2) is 18.2 Å². The van der Waals surface area contributed by atoms with E-state index in [0.29, 0.717) is 19.0 Å². The van der Waals surface area contributed by atoms with E-state index in [4.69, 9.17) is 0 Å². The number of phenols is 1. The van der Waals surface area contributed by atoms with E-state index in [1.807, 2.05) is 0 Å². The van der Waals surface area contributed by atoms with Crippen LogP contribution in [0.4, 0.5) is 10.1 Å². The highest BCUT2D eigenvalue weighted by atomic mass is 19.1. The Hall–Kier alpha value is -2.44. The van der Waals surface area contributed by atoms with Crippen molar-refractivity contribution in [2.45, 2.75) is 13.3 Å². The van der Waals surface area contributed by atoms with Gasteiger partial charge in [0.2, 0.25) is 5.91 Å². The molecule has 2 N–H and O–H groups in total. The van der Waals surface area contributed by atoms with Crippen molar-refractivity contribution in [1.82, 2.24) is 5.32 Å². The molecule has 0 saturated carbocycles. The molecule has 0 bridgehead atoms. The molecule has 0 radical (unpaired) electrons. The number of nitrogens with one attached hydrogen (secondary N) is 1. The molecule has 1 aromatic carbocycles. The Balaban J connectivity index is 2.77. The summed E-state index contributed by atoms with van der Waals surface area (Å²) in [6.45, 7) is 1.78. The largest absolute Gasteiger partial charge is 0.502 e. The third kappa shape index (κ3) is 4.38. The number of hydrogen-bond acceptors (Lipinski definition) is 4. The number of nitro benzene ring substituents is 1. The summed E-state index contributed by atoms with van der Waals surface area (Å²) in [7, 11) is 0. The zero-order chi connectivity index (χ0) is 14.4. The molecule has 0 aromatic heterocycles. The lowest BCUT2D eigenvalue weighted by molar-refractivity contribution is -0.385. The summed E-state index contributed by atoms with van der Waals surface area (Å²) in [6, 6.07) is 1.66. The lowest BCUT2D eigenvalue weighted by Crippen LogP contribution is -2.20. The van der Waals surface area contributed by atoms with Crippen LogP contribution in [-0.2, 0) is 4.79 Å². The molecule has 1 aromatic rings. The van der Waals surface area contributed by atoms with Gasteiger partial charge >= 0.3 is 5.69 Å². The fraction of sp³-hybridized carbons (Fsp3) is 0.250. The van der Waals surface area contributed by atoms with Crippen molar-refractivity contribution in [2.24, 2.45) is 0 Å². The van der Waals surface area contributed by atoms with E-state index in [0.717, 1.165) is 6.07 Å². The molecule has 19 heavy (non-hydrogen) atoms. The average molecular weight is 268 g/mol. The molecule has 6 nitrogen and oxygen atoms in total. The molecule has 0 unspecified atom stereocenters. The Labute approximate surface area is 108 Å². The number of rotatable bonds is 5. The number of phenolic OH excluding ortho intramolecular Hbond substituents is 1. The minimum Gasteiger partial charge on any atom is -0.502 e. The lowest BCUT2D eigenvalue weighted by atomic mass is 10.1. The standard InChI is InChI=1S/C12H13FN2O4/c1-8(16)14-5-3-2-4-9-6-11(15(18)19)12(17)7-10(9)13/h2,4,6-7,17H,3,5H2,1H3,(H,14,16). The molecule has 0 fully saturated rings. The van der Waals surface area contributed by atoms with Gasteiger partial charge in [-0.15, -0.1) is 0 Å². The summed E-state index contributed by atoms with van der Waals surface area (Å²) >= 11 is 0. The fourth-order valence-corrected chi connectivity index (χ4v) is 1.38. The molecule has 0 aliphatic heterocycles. The predicted molar refractivity (Wildman–Crippen MR) is 67.1 cm³/mol. The lowest BCUT2D eigenvalue weighted by Gasteiger charge is -2.01. The van der Waals surface area contributed by atoms with Crippen molar-refractivity contribution in [2.75, 3.05) is 6.54 Å². The van der Waals surface area contributed by atoms with Crippen LogP contribution in [0.5, 0.6) is 5.75 Å². The van der Waals surface area contributed by atoms with Gasteiger partial charge in [-0.1, -0.05) is 12.2 Å². The number of amides is 1. The highest BCUT2D eigenvalue weighted by molar-refractivity contribution is 5.72. The van der Waals surface area contributed by atoms with Gasteiger partial charge in [-0.2, -0.15) is 0 Å². The van der Waals surface area contributed by atoms with Gasteiger partial charge in [0.05, 0.1) is 4.92 Å². The van der Waals surface area contributed by atoms with Gasteiger partial charge in [0.1, 0.15) is 5.82 Å². The molecule has 0 saturated heterocycles. The highest BCUT2D eigenvalue weighted by Crippen LogP contribution is 2.29. The van der Waals surface area contributed by atoms with E-state index >= 15 is 0 Å². The second-order valence-electron chi connectivity index (χ2n) is 3.79. The Bertz CT molecular complexity index is 529. The number of benzene rings is 1. The summed E-state index contributed by atoms with van der Waals surface area (Å²) in [6.07, 6.45) is 3.41. The van der Waals surface area contributed by atoms with Crippen LogP contribution in [0.25, 0.3) is 6.08 Å². The third-order valence-electron chi connectivity index (χ3n) is 2.27. The third-order valence-corrected chi connectivity index (χ3v) is 2.27. The molecule has 1 rings (SSSR count). The predicted octanol–water partition coefficient (Wildman–Crippen LogP) is 1.98. The first-order valence-electron chi connectivity index (χ1n) is 5.49. The summed E-state index contributed by atoms with van der Waals surface area (Å²) in [4.78, 5) is 20.4. The van der Waals surface area contributed by atoms with Crippen molar-refractivity contribution >= 4 is 17.7 Å². The van der Waals surface area contributed by atoms with E-state index < -0.39 is 22.2 Å². The molecule has 7 heteroatoms. The number of halogens is 1. The van der Waals surface area contributed by atoms with Crippen LogP contribution in [0.3, 0.4) is 0 Å². The summed E-state index contributed by atoms with van der Waals surface area (Å²) in [5.41, 5.74) is -0.546. The van der Waals surface area contributed by atoms with Gasteiger partial charge in [-0.25, -0.2) is 4.39 Å². The Morgan fingerprint density at radius 1 is 1.58 bits per heavy atom. The first kappa shape index (κ1) is 14.6. The van der Waals surface area contributed by atoms with Crippen LogP contribution in [0, 0.1) is 15.9 Å². The van der Waals surface area contributed by atoms with Crippen LogP contribution >= 0.6 is 0 Å². The van der Waals surface area contributed by atoms with Crippen LogP contribution in [0.1, 0.15) is 18.9 Å². The second-order valence-corrected chi connectivity index (χ2v) is 3.79. The Morgan fingerprint density at radius 3 is 2.84 bits per heavy atom. The minimum absolute atomic E-state index is 0.00678. The van der Waals surface area contributed by atoms with E-state index in [1.165, 1.54) is 13.0 Å². The molecular formula is C12H13FN2O4. The molecule has 0 aliphatic rings. The number of aromatic hydroxyl groups is 1. The van der Waals surface area contributed by atoms with E-state index in [9.17, 15) is 24.4 Å². The topological polar surface area (TPSA) is 92.5 Å². The molecule has 0 spiro atoms. The van der Waals surface area contributed by atoms with Gasteiger partial charge in [0, 0.05) is 31.2 Å². The maximum atomic E-state index is 13.4. The summed E-state index contributed by atoms with van der Waals surface area (Å²) < 4.78 is 13.4. The van der Waals surface area contributed by atoms with Gasteiger partial charge in [0.15, 0.2) is 5.75 Å². The summed E-state index contributed by atoms with van der Waals surface area (Å²) in [5.74, 6) is -1.63. The SMILES string of the molecule is CC(=O)NCCC=Cc1cc([N+](=O)[O-])c(O)cc1F. The fourth-order valence-electron chi connectivity index (χ4n) is 1.38. The first-order valence-corrected chi connectivity index (χ1v) is 5.49. The summed E-state index contributed by atoms with van der Waals surface area (Å²) in [5, 5.41) is 22.3. The second kappa shape index (κ2) is 6.48. The van der Waals surface area contributed by atoms with E-state index in [-0.39, 0.29) is 11.5 Å². The van der Waals surface area contributed by atoms with Crippen molar-refractivity contribution < 1.29 is 19.2 Å². The van der Waals surface area contributed by atoms with Crippen LogP contribution < -0.4 is 5.32 Å². The van der Waals surface area contributed by atoms with Crippen molar-refractivity contribution in [1.29, 1.82) is 0 Å². The van der Waals surface area contributed by atoms with Crippen molar-refractivity contribution in [3.8, 4) is 5.75 Å². The smallest absolute Gasteiger partial charge is 0.311 e. The molecular weight excluding hydrogens is 255 g/mol. The van der Waals surface area contributed by atoms with Crippen molar-refractivity contribution in [3.05, 3.63) is 39.7 Å². The Kier molecular flexibility index (Phi) is 4.99. The molecule has 0 atom stereocenters. The zero-order valence-electron chi connectivity index (χ0n) is 10.2. The first-order chi connectivity index (χ1) is 8.91. The van der Waals surface area contributed by atoms with Gasteiger partial charge in [-0.3, -0.25) is 14.9 Å². The quantitative estimate of drug-likeness (QED) is 0.485.